The van der Waals surface area contributed by atoms with Crippen molar-refractivity contribution in [3.63, 3.8) is 0 Å². The largest absolute Gasteiger partial charge is 0.397 e. The van der Waals surface area contributed by atoms with Gasteiger partial charge in [0.15, 0.2) is 0 Å². The molecule has 0 saturated heterocycles. The van der Waals surface area contributed by atoms with E-state index >= 15 is 0 Å². The fourth-order valence-electron chi connectivity index (χ4n) is 1.41. The minimum absolute atomic E-state index is 0.145. The Morgan fingerprint density at radius 2 is 2.31 bits per heavy atom. The van der Waals surface area contributed by atoms with Gasteiger partial charge >= 0.3 is 0 Å². The van der Waals surface area contributed by atoms with Crippen LogP contribution < -0.4 is 11.1 Å². The topological polar surface area (TPSA) is 60.1 Å². The molecule has 0 saturated carbocycles. The molecule has 0 aliphatic carbocycles. The quantitative estimate of drug-likeness (QED) is 0.755. The van der Waals surface area contributed by atoms with Crippen molar-refractivity contribution in [2.24, 2.45) is 0 Å². The van der Waals surface area contributed by atoms with Crippen LogP contribution in [0.3, 0.4) is 0 Å². The van der Waals surface area contributed by atoms with E-state index in [1.807, 2.05) is 18.4 Å². The van der Waals surface area contributed by atoms with Crippen molar-refractivity contribution >= 4 is 11.6 Å². The number of rotatable bonds is 3. The molecule has 86 valence electrons. The minimum Gasteiger partial charge on any atom is -0.397 e. The third kappa shape index (κ3) is 2.80. The Balaban J connectivity index is 2.84. The zero-order valence-electron chi connectivity index (χ0n) is 9.87. The van der Waals surface area contributed by atoms with Gasteiger partial charge < -0.3 is 15.6 Å². The number of hydrogen-bond acceptors (Lipinski definition) is 2. The second-order valence-electron chi connectivity index (χ2n) is 3.77. The van der Waals surface area contributed by atoms with Crippen molar-refractivity contribution in [1.29, 1.82) is 0 Å². The molecule has 4 nitrogen and oxygen atoms in total. The molecule has 0 bridgehead atoms. The molecule has 0 spiro atoms. The van der Waals surface area contributed by atoms with Crippen LogP contribution in [0.5, 0.6) is 0 Å². The molecule has 0 atom stereocenters. The molecule has 1 heterocycles. The Bertz CT molecular complexity index is 435. The molecule has 4 heteroatoms. The van der Waals surface area contributed by atoms with Crippen molar-refractivity contribution < 1.29 is 4.79 Å². The fourth-order valence-corrected chi connectivity index (χ4v) is 1.41. The summed E-state index contributed by atoms with van der Waals surface area (Å²) in [5, 5.41) is 2.72. The standard InChI is InChI=1S/C12H17N3O/c1-4-5-6-14-12(16)11-7-10(13)8-15(11)9(2)3/h7-9H,6,13H2,1-3H3,(H,14,16). The average molecular weight is 219 g/mol. The van der Waals surface area contributed by atoms with Crippen molar-refractivity contribution in [2.75, 3.05) is 12.3 Å². The van der Waals surface area contributed by atoms with Gasteiger partial charge in [0.2, 0.25) is 0 Å². The van der Waals surface area contributed by atoms with E-state index in [1.54, 1.807) is 19.2 Å². The Hall–Kier alpha value is -1.89. The van der Waals surface area contributed by atoms with E-state index < -0.39 is 0 Å². The third-order valence-corrected chi connectivity index (χ3v) is 2.17. The Labute approximate surface area is 95.8 Å². The number of carbonyl (C=O) groups excluding carboxylic acids is 1. The van der Waals surface area contributed by atoms with Crippen molar-refractivity contribution in [3.8, 4) is 11.8 Å². The molecule has 0 unspecified atom stereocenters. The first-order chi connectivity index (χ1) is 7.56. The van der Waals surface area contributed by atoms with E-state index in [0.29, 0.717) is 17.9 Å². The molecule has 0 aliphatic heterocycles. The van der Waals surface area contributed by atoms with Gasteiger partial charge in [0.25, 0.3) is 5.91 Å². The van der Waals surface area contributed by atoms with Crippen molar-refractivity contribution in [2.45, 2.75) is 26.8 Å². The molecule has 3 N–H and O–H groups in total. The first kappa shape index (κ1) is 12.2. The highest BCUT2D eigenvalue weighted by molar-refractivity contribution is 5.94. The maximum atomic E-state index is 11.8. The Kier molecular flexibility index (Phi) is 4.01. The summed E-state index contributed by atoms with van der Waals surface area (Å²) in [7, 11) is 0. The minimum atomic E-state index is -0.145. The first-order valence-electron chi connectivity index (χ1n) is 5.21. The Morgan fingerprint density at radius 1 is 1.62 bits per heavy atom. The lowest BCUT2D eigenvalue weighted by Crippen LogP contribution is -2.26. The summed E-state index contributed by atoms with van der Waals surface area (Å²) in [6.45, 7) is 6.10. The number of nitrogens with one attached hydrogen (secondary N) is 1. The number of nitrogen functional groups attached to an aromatic ring is 1. The SMILES string of the molecule is CC#CCNC(=O)c1cc(N)cn1C(C)C. The highest BCUT2D eigenvalue weighted by Crippen LogP contribution is 2.16. The normalized spacial score (nSPS) is 9.75. The zero-order chi connectivity index (χ0) is 12.1. The van der Waals surface area contributed by atoms with Crippen LogP contribution >= 0.6 is 0 Å². The van der Waals surface area contributed by atoms with Crippen LogP contribution in [0.15, 0.2) is 12.3 Å². The van der Waals surface area contributed by atoms with Gasteiger partial charge in [0, 0.05) is 12.2 Å². The summed E-state index contributed by atoms with van der Waals surface area (Å²) in [5.74, 6) is 5.36. The summed E-state index contributed by atoms with van der Waals surface area (Å²) in [6.07, 6.45) is 1.77. The van der Waals surface area contributed by atoms with Gasteiger partial charge in [-0.1, -0.05) is 5.92 Å². The monoisotopic (exact) mass is 219 g/mol. The number of nitrogens with two attached hydrogens (primary N) is 1. The lowest BCUT2D eigenvalue weighted by atomic mass is 10.3. The summed E-state index contributed by atoms with van der Waals surface area (Å²) in [4.78, 5) is 11.8. The Morgan fingerprint density at radius 3 is 2.88 bits per heavy atom. The van der Waals surface area contributed by atoms with Crippen LogP contribution in [0.2, 0.25) is 0 Å². The lowest BCUT2D eigenvalue weighted by molar-refractivity contribution is 0.0948. The van der Waals surface area contributed by atoms with Gasteiger partial charge in [-0.15, -0.1) is 5.92 Å². The first-order valence-corrected chi connectivity index (χ1v) is 5.21. The fraction of sp³-hybridized carbons (Fsp3) is 0.417. The van der Waals surface area contributed by atoms with Gasteiger partial charge in [-0.2, -0.15) is 0 Å². The number of amides is 1. The van der Waals surface area contributed by atoms with E-state index in [2.05, 4.69) is 17.2 Å². The molecule has 1 rings (SSSR count). The van der Waals surface area contributed by atoms with E-state index in [0.717, 1.165) is 0 Å². The predicted octanol–water partition coefficient (Wildman–Crippen LogP) is 1.40. The van der Waals surface area contributed by atoms with E-state index in [4.69, 9.17) is 5.73 Å². The van der Waals surface area contributed by atoms with E-state index in [9.17, 15) is 4.79 Å². The highest BCUT2D eigenvalue weighted by atomic mass is 16.1. The molecule has 0 aromatic carbocycles. The van der Waals surface area contributed by atoms with E-state index in [-0.39, 0.29) is 11.9 Å². The van der Waals surface area contributed by atoms with Crippen LogP contribution in [0.4, 0.5) is 5.69 Å². The molecular formula is C12H17N3O. The smallest absolute Gasteiger partial charge is 0.268 e. The maximum absolute atomic E-state index is 11.8. The molecule has 0 aliphatic rings. The number of hydrogen-bond donors (Lipinski definition) is 2. The van der Waals surface area contributed by atoms with E-state index in [1.165, 1.54) is 0 Å². The second-order valence-corrected chi connectivity index (χ2v) is 3.77. The second kappa shape index (κ2) is 5.26. The van der Waals surface area contributed by atoms with Crippen LogP contribution in [-0.4, -0.2) is 17.0 Å². The molecule has 1 amide bonds. The molecule has 16 heavy (non-hydrogen) atoms. The number of anilines is 1. The summed E-state index contributed by atoms with van der Waals surface area (Å²) in [5.41, 5.74) is 6.85. The predicted molar refractivity (Wildman–Crippen MR) is 65.0 cm³/mol. The number of aromatic nitrogens is 1. The molecule has 0 fully saturated rings. The average Bonchev–Trinajstić information content (AvgIpc) is 2.61. The van der Waals surface area contributed by atoms with Gasteiger partial charge in [-0.3, -0.25) is 4.79 Å². The van der Waals surface area contributed by atoms with Crippen LogP contribution in [0.25, 0.3) is 0 Å². The van der Waals surface area contributed by atoms with Crippen molar-refractivity contribution in [3.05, 3.63) is 18.0 Å². The number of carbonyl (C=O) groups is 1. The summed E-state index contributed by atoms with van der Waals surface area (Å²) in [6, 6.07) is 1.88. The van der Waals surface area contributed by atoms with Gasteiger partial charge in [0.05, 0.1) is 12.2 Å². The maximum Gasteiger partial charge on any atom is 0.268 e. The molecule has 1 aromatic rings. The van der Waals surface area contributed by atoms with Crippen LogP contribution in [0.1, 0.15) is 37.3 Å². The molecule has 0 radical (unpaired) electrons. The molecular weight excluding hydrogens is 202 g/mol. The van der Waals surface area contributed by atoms with Crippen LogP contribution in [0, 0.1) is 11.8 Å². The van der Waals surface area contributed by atoms with Gasteiger partial charge in [0.1, 0.15) is 5.69 Å². The van der Waals surface area contributed by atoms with Gasteiger partial charge in [-0.05, 0) is 26.8 Å². The summed E-state index contributed by atoms with van der Waals surface area (Å²) < 4.78 is 1.85. The van der Waals surface area contributed by atoms with Crippen LogP contribution in [-0.2, 0) is 0 Å². The third-order valence-electron chi connectivity index (χ3n) is 2.17. The molecule has 1 aromatic heterocycles. The van der Waals surface area contributed by atoms with Crippen molar-refractivity contribution in [1.82, 2.24) is 9.88 Å². The van der Waals surface area contributed by atoms with Gasteiger partial charge in [-0.25, -0.2) is 0 Å². The zero-order valence-corrected chi connectivity index (χ0v) is 9.87. The summed E-state index contributed by atoms with van der Waals surface area (Å²) >= 11 is 0. The number of nitrogens with zero attached hydrogens (tertiary/aromatic N) is 1. The highest BCUT2D eigenvalue weighted by Gasteiger charge is 2.13. The lowest BCUT2D eigenvalue weighted by Gasteiger charge is -2.11.